The summed E-state index contributed by atoms with van der Waals surface area (Å²) in [6.07, 6.45) is 3.55. The van der Waals surface area contributed by atoms with Gasteiger partial charge in [-0.25, -0.2) is 4.79 Å². The van der Waals surface area contributed by atoms with Crippen molar-refractivity contribution in [3.05, 3.63) is 0 Å². The van der Waals surface area contributed by atoms with Gasteiger partial charge in [0, 0.05) is 19.0 Å². The van der Waals surface area contributed by atoms with Gasteiger partial charge in [0.15, 0.2) is 0 Å². The largest absolute Gasteiger partial charge is 0.481 e. The number of amides is 2. The maximum absolute atomic E-state index is 11.5. The van der Waals surface area contributed by atoms with E-state index >= 15 is 0 Å². The Labute approximate surface area is 109 Å². The summed E-state index contributed by atoms with van der Waals surface area (Å²) in [5, 5.41) is 14.1. The zero-order valence-corrected chi connectivity index (χ0v) is 11.7. The Hall–Kier alpha value is -1.26. The summed E-state index contributed by atoms with van der Waals surface area (Å²) in [6.45, 7) is 6.78. The van der Waals surface area contributed by atoms with Crippen LogP contribution >= 0.6 is 0 Å². The van der Waals surface area contributed by atoms with Crippen molar-refractivity contribution in [2.45, 2.75) is 58.9 Å². The monoisotopic (exact) mass is 258 g/mol. The van der Waals surface area contributed by atoms with Gasteiger partial charge in [0.1, 0.15) is 0 Å². The lowest BCUT2D eigenvalue weighted by Gasteiger charge is -2.22. The number of carboxylic acids is 1. The van der Waals surface area contributed by atoms with Crippen LogP contribution in [0.2, 0.25) is 0 Å². The van der Waals surface area contributed by atoms with Crippen molar-refractivity contribution in [3.63, 3.8) is 0 Å². The minimum Gasteiger partial charge on any atom is -0.481 e. The predicted molar refractivity (Wildman–Crippen MR) is 71.6 cm³/mol. The fraction of sp³-hybridized carbons (Fsp3) is 0.846. The van der Waals surface area contributed by atoms with Gasteiger partial charge >= 0.3 is 12.0 Å². The molecule has 2 amide bonds. The SMILES string of the molecule is CCC(CC)C(C)NC(=O)NCCCCC(=O)O. The summed E-state index contributed by atoms with van der Waals surface area (Å²) in [7, 11) is 0. The van der Waals surface area contributed by atoms with Gasteiger partial charge in [-0.05, 0) is 25.7 Å². The number of hydrogen-bond acceptors (Lipinski definition) is 2. The van der Waals surface area contributed by atoms with Crippen molar-refractivity contribution in [2.24, 2.45) is 5.92 Å². The minimum absolute atomic E-state index is 0.160. The summed E-state index contributed by atoms with van der Waals surface area (Å²) in [5.41, 5.74) is 0. The molecule has 3 N–H and O–H groups in total. The van der Waals surface area contributed by atoms with Crippen LogP contribution < -0.4 is 10.6 Å². The first kappa shape index (κ1) is 16.7. The molecule has 0 aliphatic rings. The summed E-state index contributed by atoms with van der Waals surface area (Å²) in [6, 6.07) is 0.00347. The van der Waals surface area contributed by atoms with E-state index in [2.05, 4.69) is 24.5 Å². The van der Waals surface area contributed by atoms with Crippen LogP contribution in [0.25, 0.3) is 0 Å². The number of nitrogens with one attached hydrogen (secondary N) is 2. The highest BCUT2D eigenvalue weighted by Crippen LogP contribution is 2.12. The average molecular weight is 258 g/mol. The van der Waals surface area contributed by atoms with E-state index in [4.69, 9.17) is 5.11 Å². The average Bonchev–Trinajstić information content (AvgIpc) is 2.29. The first-order valence-corrected chi connectivity index (χ1v) is 6.77. The van der Waals surface area contributed by atoms with E-state index in [0.717, 1.165) is 12.8 Å². The Morgan fingerprint density at radius 2 is 1.78 bits per heavy atom. The van der Waals surface area contributed by atoms with E-state index in [1.165, 1.54) is 0 Å². The summed E-state index contributed by atoms with van der Waals surface area (Å²) >= 11 is 0. The van der Waals surface area contributed by atoms with E-state index in [1.807, 2.05) is 6.92 Å². The smallest absolute Gasteiger partial charge is 0.315 e. The lowest BCUT2D eigenvalue weighted by Crippen LogP contribution is -2.44. The van der Waals surface area contributed by atoms with Crippen molar-refractivity contribution in [3.8, 4) is 0 Å². The third-order valence-corrected chi connectivity index (χ3v) is 3.22. The predicted octanol–water partition coefficient (Wildman–Crippen LogP) is 2.37. The molecule has 0 aromatic rings. The standard InChI is InChI=1S/C13H26N2O3/c1-4-11(5-2)10(3)15-13(18)14-9-7-6-8-12(16)17/h10-11H,4-9H2,1-3H3,(H,16,17)(H2,14,15,18). The number of carbonyl (C=O) groups is 2. The van der Waals surface area contributed by atoms with Crippen LogP contribution in [0.3, 0.4) is 0 Å². The number of rotatable bonds is 9. The van der Waals surface area contributed by atoms with E-state index in [9.17, 15) is 9.59 Å². The molecular formula is C13H26N2O3. The molecule has 0 fully saturated rings. The molecule has 0 heterocycles. The summed E-state index contributed by atoms with van der Waals surface area (Å²) < 4.78 is 0. The zero-order valence-electron chi connectivity index (χ0n) is 11.7. The molecule has 1 unspecified atom stereocenters. The number of urea groups is 1. The van der Waals surface area contributed by atoms with Crippen LogP contribution in [0.1, 0.15) is 52.9 Å². The van der Waals surface area contributed by atoms with E-state index in [1.54, 1.807) is 0 Å². The number of carboxylic acid groups (broad SMARTS) is 1. The van der Waals surface area contributed by atoms with Gasteiger partial charge in [0.25, 0.3) is 0 Å². The molecule has 0 spiro atoms. The molecule has 0 aromatic heterocycles. The minimum atomic E-state index is -0.790. The number of aliphatic carboxylic acids is 1. The van der Waals surface area contributed by atoms with Crippen LogP contribution in [-0.2, 0) is 4.79 Å². The molecule has 18 heavy (non-hydrogen) atoms. The van der Waals surface area contributed by atoms with Crippen molar-refractivity contribution < 1.29 is 14.7 Å². The summed E-state index contributed by atoms with van der Waals surface area (Å²) in [4.78, 5) is 21.8. The second kappa shape index (κ2) is 9.74. The second-order valence-electron chi connectivity index (χ2n) is 4.62. The van der Waals surface area contributed by atoms with Crippen molar-refractivity contribution >= 4 is 12.0 Å². The number of hydrogen-bond donors (Lipinski definition) is 3. The molecule has 0 saturated carbocycles. The second-order valence-corrected chi connectivity index (χ2v) is 4.62. The Balaban J connectivity index is 3.67. The van der Waals surface area contributed by atoms with E-state index in [-0.39, 0.29) is 18.5 Å². The van der Waals surface area contributed by atoms with Crippen molar-refractivity contribution in [2.75, 3.05) is 6.54 Å². The molecule has 0 aromatic carbocycles. The highest BCUT2D eigenvalue weighted by molar-refractivity contribution is 5.74. The summed E-state index contributed by atoms with van der Waals surface area (Å²) in [5.74, 6) is -0.287. The molecule has 0 aliphatic heterocycles. The van der Waals surface area contributed by atoms with Gasteiger partial charge in [0.05, 0.1) is 0 Å². The van der Waals surface area contributed by atoms with Crippen LogP contribution in [0.15, 0.2) is 0 Å². The molecule has 0 rings (SSSR count). The highest BCUT2D eigenvalue weighted by atomic mass is 16.4. The molecule has 5 heteroatoms. The molecule has 0 aliphatic carbocycles. The van der Waals surface area contributed by atoms with Crippen LogP contribution in [0.4, 0.5) is 4.79 Å². The Bertz CT molecular complexity index is 253. The first-order valence-electron chi connectivity index (χ1n) is 6.77. The molecule has 0 saturated heterocycles. The van der Waals surface area contributed by atoms with Crippen LogP contribution in [0.5, 0.6) is 0 Å². The first-order chi connectivity index (χ1) is 8.51. The maximum atomic E-state index is 11.5. The molecule has 5 nitrogen and oxygen atoms in total. The Morgan fingerprint density at radius 3 is 2.28 bits per heavy atom. The Kier molecular flexibility index (Phi) is 9.06. The molecule has 0 bridgehead atoms. The van der Waals surface area contributed by atoms with E-state index in [0.29, 0.717) is 25.3 Å². The molecule has 1 atom stereocenters. The van der Waals surface area contributed by atoms with E-state index < -0.39 is 5.97 Å². The van der Waals surface area contributed by atoms with Gasteiger partial charge < -0.3 is 15.7 Å². The van der Waals surface area contributed by atoms with Gasteiger partial charge in [-0.15, -0.1) is 0 Å². The molecule has 0 radical (unpaired) electrons. The maximum Gasteiger partial charge on any atom is 0.315 e. The normalized spacial score (nSPS) is 12.2. The van der Waals surface area contributed by atoms with Crippen molar-refractivity contribution in [1.29, 1.82) is 0 Å². The fourth-order valence-corrected chi connectivity index (χ4v) is 1.97. The Morgan fingerprint density at radius 1 is 1.17 bits per heavy atom. The highest BCUT2D eigenvalue weighted by Gasteiger charge is 2.15. The van der Waals surface area contributed by atoms with Crippen molar-refractivity contribution in [1.82, 2.24) is 10.6 Å². The number of carbonyl (C=O) groups excluding carboxylic acids is 1. The van der Waals surface area contributed by atoms with Gasteiger partial charge in [-0.1, -0.05) is 26.7 Å². The lowest BCUT2D eigenvalue weighted by atomic mass is 9.96. The zero-order chi connectivity index (χ0) is 14.0. The van der Waals surface area contributed by atoms with Crippen LogP contribution in [0, 0.1) is 5.92 Å². The quantitative estimate of drug-likeness (QED) is 0.555. The lowest BCUT2D eigenvalue weighted by molar-refractivity contribution is -0.137. The topological polar surface area (TPSA) is 78.4 Å². The molecular weight excluding hydrogens is 232 g/mol. The number of unbranched alkanes of at least 4 members (excludes halogenated alkanes) is 1. The van der Waals surface area contributed by atoms with Crippen LogP contribution in [-0.4, -0.2) is 29.7 Å². The fourth-order valence-electron chi connectivity index (χ4n) is 1.97. The van der Waals surface area contributed by atoms with Gasteiger partial charge in [-0.2, -0.15) is 0 Å². The van der Waals surface area contributed by atoms with Gasteiger partial charge in [-0.3, -0.25) is 4.79 Å². The molecule has 106 valence electrons. The third-order valence-electron chi connectivity index (χ3n) is 3.22. The van der Waals surface area contributed by atoms with Gasteiger partial charge in [0.2, 0.25) is 0 Å². The third kappa shape index (κ3) is 7.92.